The molecule has 3 rings (SSSR count). The summed E-state index contributed by atoms with van der Waals surface area (Å²) in [6.45, 7) is 16.6. The third kappa shape index (κ3) is 5.11. The lowest BCUT2D eigenvalue weighted by Crippen LogP contribution is -2.37. The van der Waals surface area contributed by atoms with E-state index in [9.17, 15) is 4.79 Å². The summed E-state index contributed by atoms with van der Waals surface area (Å²) in [7, 11) is -3.57. The van der Waals surface area contributed by atoms with Gasteiger partial charge in [0.25, 0.3) is 0 Å². The number of ether oxygens (including phenoxy) is 3. The standard InChI is InChI=1S/C18H32N2O6Si2/c1-18(2)24-14-12(11-22-27(3,4)5)23-16(15(14)25-18)20-10-9-13(19-17(20)21)26-28(6,7)8/h9-10,12,14-16H,11H2,1-8H3/t12-,14-,15-,16-/m1/s1. The molecule has 3 heterocycles. The van der Waals surface area contributed by atoms with Crippen molar-refractivity contribution in [3.05, 3.63) is 22.7 Å². The maximum absolute atomic E-state index is 12.7. The van der Waals surface area contributed by atoms with Gasteiger partial charge in [-0.2, -0.15) is 4.98 Å². The number of aromatic nitrogens is 2. The molecule has 2 aliphatic rings. The average molecular weight is 429 g/mol. The molecule has 0 amide bonds. The summed E-state index contributed by atoms with van der Waals surface area (Å²) in [5, 5.41) is 0. The van der Waals surface area contributed by atoms with Gasteiger partial charge in [0.15, 0.2) is 20.3 Å². The van der Waals surface area contributed by atoms with Gasteiger partial charge >= 0.3 is 5.69 Å². The predicted molar refractivity (Wildman–Crippen MR) is 110 cm³/mol. The zero-order valence-electron chi connectivity index (χ0n) is 18.0. The van der Waals surface area contributed by atoms with Gasteiger partial charge in [-0.15, -0.1) is 0 Å². The van der Waals surface area contributed by atoms with Crippen molar-refractivity contribution in [2.24, 2.45) is 0 Å². The smallest absolute Gasteiger partial charge is 0.353 e. The highest BCUT2D eigenvalue weighted by Gasteiger charge is 2.56. The van der Waals surface area contributed by atoms with Crippen LogP contribution in [-0.2, 0) is 18.6 Å². The molecule has 2 saturated heterocycles. The molecular formula is C18H32N2O6Si2. The van der Waals surface area contributed by atoms with Crippen molar-refractivity contribution < 1.29 is 23.1 Å². The van der Waals surface area contributed by atoms with Gasteiger partial charge in [-0.3, -0.25) is 4.57 Å². The van der Waals surface area contributed by atoms with E-state index in [2.05, 4.69) is 24.6 Å². The zero-order valence-corrected chi connectivity index (χ0v) is 20.0. The van der Waals surface area contributed by atoms with Crippen molar-refractivity contribution >= 4 is 16.6 Å². The summed E-state index contributed by atoms with van der Waals surface area (Å²) in [6.07, 6.45) is 0.00840. The summed E-state index contributed by atoms with van der Waals surface area (Å²) in [4.78, 5) is 16.8. The molecule has 0 N–H and O–H groups in total. The second-order valence-corrected chi connectivity index (χ2v) is 18.7. The molecule has 0 bridgehead atoms. The second-order valence-electron chi connectivity index (χ2n) is 9.72. The Balaban J connectivity index is 1.84. The average Bonchev–Trinajstić information content (AvgIpc) is 2.96. The maximum atomic E-state index is 12.7. The number of nitrogens with zero attached hydrogens (tertiary/aromatic N) is 2. The first-order valence-electron chi connectivity index (χ1n) is 9.67. The van der Waals surface area contributed by atoms with Crippen LogP contribution in [0.15, 0.2) is 17.1 Å². The summed E-state index contributed by atoms with van der Waals surface area (Å²) >= 11 is 0. The quantitative estimate of drug-likeness (QED) is 0.644. The first-order chi connectivity index (χ1) is 12.7. The van der Waals surface area contributed by atoms with Crippen molar-refractivity contribution in [1.29, 1.82) is 0 Å². The number of hydrogen-bond donors (Lipinski definition) is 0. The van der Waals surface area contributed by atoms with Crippen molar-refractivity contribution in [2.45, 2.75) is 83.5 Å². The monoisotopic (exact) mass is 428 g/mol. The lowest BCUT2D eigenvalue weighted by molar-refractivity contribution is -0.200. The van der Waals surface area contributed by atoms with Gasteiger partial charge in [-0.25, -0.2) is 4.79 Å². The summed E-state index contributed by atoms with van der Waals surface area (Å²) in [5.74, 6) is -0.398. The Morgan fingerprint density at radius 3 is 2.32 bits per heavy atom. The van der Waals surface area contributed by atoms with E-state index in [1.807, 2.05) is 33.5 Å². The van der Waals surface area contributed by atoms with Crippen LogP contribution < -0.4 is 10.1 Å². The van der Waals surface area contributed by atoms with Crippen LogP contribution in [0.1, 0.15) is 20.1 Å². The molecule has 1 aromatic heterocycles. The Morgan fingerprint density at radius 2 is 1.75 bits per heavy atom. The number of fused-ring (bicyclic) bond motifs is 1. The SMILES string of the molecule is CC1(C)O[C@@H]2[C@H](O1)[C@@H](CO[Si](C)(C)C)O[C@H]2n1ccc(O[Si](C)(C)C)nc1=O. The highest BCUT2D eigenvalue weighted by molar-refractivity contribution is 6.70. The molecule has 2 fully saturated rings. The summed E-state index contributed by atoms with van der Waals surface area (Å²) in [5.41, 5.74) is -0.431. The lowest BCUT2D eigenvalue weighted by atomic mass is 10.1. The minimum atomic E-state index is -1.85. The molecular weight excluding hydrogens is 396 g/mol. The molecule has 28 heavy (non-hydrogen) atoms. The van der Waals surface area contributed by atoms with Gasteiger partial charge in [0.05, 0.1) is 6.61 Å². The van der Waals surface area contributed by atoms with Crippen LogP contribution in [0, 0.1) is 0 Å². The van der Waals surface area contributed by atoms with Crippen LogP contribution in [0.2, 0.25) is 39.3 Å². The van der Waals surface area contributed by atoms with Crippen LogP contribution in [0.3, 0.4) is 0 Å². The highest BCUT2D eigenvalue weighted by atomic mass is 28.4. The van der Waals surface area contributed by atoms with E-state index in [4.69, 9.17) is 23.1 Å². The summed E-state index contributed by atoms with van der Waals surface area (Å²) in [6, 6.07) is 1.70. The van der Waals surface area contributed by atoms with E-state index in [1.165, 1.54) is 4.57 Å². The van der Waals surface area contributed by atoms with Crippen molar-refractivity contribution in [1.82, 2.24) is 9.55 Å². The van der Waals surface area contributed by atoms with Gasteiger partial charge in [-0.05, 0) is 53.1 Å². The second kappa shape index (κ2) is 7.33. The predicted octanol–water partition coefficient (Wildman–Crippen LogP) is 2.73. The Bertz CT molecular complexity index is 771. The maximum Gasteiger partial charge on any atom is 0.353 e. The molecule has 0 radical (unpaired) electrons. The molecule has 0 spiro atoms. The number of hydrogen-bond acceptors (Lipinski definition) is 7. The van der Waals surface area contributed by atoms with Gasteiger partial charge < -0.3 is 23.1 Å². The molecule has 158 valence electrons. The van der Waals surface area contributed by atoms with Gasteiger partial charge in [0.2, 0.25) is 14.2 Å². The van der Waals surface area contributed by atoms with E-state index in [-0.39, 0.29) is 12.2 Å². The third-order valence-corrected chi connectivity index (χ3v) is 6.15. The fourth-order valence-corrected chi connectivity index (χ4v) is 4.72. The van der Waals surface area contributed by atoms with Crippen molar-refractivity contribution in [2.75, 3.05) is 6.61 Å². The topological polar surface area (TPSA) is 81.0 Å². The Labute approximate surface area is 168 Å². The van der Waals surface area contributed by atoms with Crippen LogP contribution in [0.25, 0.3) is 0 Å². The molecule has 2 aliphatic heterocycles. The molecule has 8 nitrogen and oxygen atoms in total. The Hall–Kier alpha value is -1.05. The van der Waals surface area contributed by atoms with Crippen molar-refractivity contribution in [3.63, 3.8) is 0 Å². The first-order valence-corrected chi connectivity index (χ1v) is 16.5. The molecule has 1 aromatic rings. The highest BCUT2D eigenvalue weighted by Crippen LogP contribution is 2.42. The van der Waals surface area contributed by atoms with E-state index < -0.39 is 40.4 Å². The fraction of sp³-hybridized carbons (Fsp3) is 0.778. The Morgan fingerprint density at radius 1 is 1.11 bits per heavy atom. The minimum absolute atomic E-state index is 0.304. The van der Waals surface area contributed by atoms with Gasteiger partial charge in [0, 0.05) is 12.3 Å². The molecule has 0 unspecified atom stereocenters. The third-order valence-electron chi connectivity index (χ3n) is 4.30. The fourth-order valence-electron chi connectivity index (χ4n) is 3.31. The normalized spacial score (nSPS) is 29.7. The minimum Gasteiger partial charge on any atom is -0.531 e. The number of rotatable bonds is 6. The van der Waals surface area contributed by atoms with Crippen LogP contribution in [0.4, 0.5) is 0 Å². The first kappa shape index (κ1) is 21.7. The molecule has 0 saturated carbocycles. The van der Waals surface area contributed by atoms with E-state index in [1.54, 1.807) is 12.3 Å². The van der Waals surface area contributed by atoms with Gasteiger partial charge in [-0.1, -0.05) is 0 Å². The zero-order chi connectivity index (χ0) is 20.9. The van der Waals surface area contributed by atoms with E-state index in [0.717, 1.165) is 0 Å². The van der Waals surface area contributed by atoms with Crippen LogP contribution in [0.5, 0.6) is 5.88 Å². The lowest BCUT2D eigenvalue weighted by Gasteiger charge is -2.26. The van der Waals surface area contributed by atoms with E-state index >= 15 is 0 Å². The Kier molecular flexibility index (Phi) is 5.67. The van der Waals surface area contributed by atoms with Crippen molar-refractivity contribution in [3.8, 4) is 5.88 Å². The van der Waals surface area contributed by atoms with E-state index in [0.29, 0.717) is 12.5 Å². The molecule has 0 aromatic carbocycles. The molecule has 0 aliphatic carbocycles. The molecule has 10 heteroatoms. The van der Waals surface area contributed by atoms with Crippen LogP contribution in [-0.4, -0.2) is 56.9 Å². The molecule has 4 atom stereocenters. The van der Waals surface area contributed by atoms with Gasteiger partial charge in [0.1, 0.15) is 18.3 Å². The van der Waals surface area contributed by atoms with Crippen LogP contribution >= 0.6 is 0 Å². The largest absolute Gasteiger partial charge is 0.531 e. The summed E-state index contributed by atoms with van der Waals surface area (Å²) < 4.78 is 31.6.